The van der Waals surface area contributed by atoms with E-state index < -0.39 is 10.8 Å². The Morgan fingerprint density at radius 1 is 1.33 bits per heavy atom. The maximum Gasteiger partial charge on any atom is 0.191 e. The van der Waals surface area contributed by atoms with Gasteiger partial charge in [-0.25, -0.2) is 4.98 Å². The number of rotatable bonds is 5. The summed E-state index contributed by atoms with van der Waals surface area (Å²) >= 11 is 1.69. The van der Waals surface area contributed by atoms with Crippen LogP contribution in [0, 0.1) is 13.8 Å². The van der Waals surface area contributed by atoms with Gasteiger partial charge in [-0.1, -0.05) is 0 Å². The van der Waals surface area contributed by atoms with E-state index in [1.165, 1.54) is 4.88 Å². The molecule has 0 saturated heterocycles. The molecule has 0 aromatic carbocycles. The number of nitrogens with zero attached hydrogens (tertiary/aromatic N) is 2. The lowest BCUT2D eigenvalue weighted by Crippen LogP contribution is -2.40. The maximum atomic E-state index is 12.0. The van der Waals surface area contributed by atoms with E-state index in [4.69, 9.17) is 0 Å². The molecule has 0 aliphatic carbocycles. The molecule has 0 spiro atoms. The first-order valence-electron chi connectivity index (χ1n) is 7.00. The number of thiazole rings is 1. The summed E-state index contributed by atoms with van der Waals surface area (Å²) < 4.78 is 11.8. The summed E-state index contributed by atoms with van der Waals surface area (Å²) in [4.78, 5) is 9.89. The average Bonchev–Trinajstić information content (AvgIpc) is 2.71. The maximum absolute atomic E-state index is 12.0. The van der Waals surface area contributed by atoms with Crippen molar-refractivity contribution in [3.63, 3.8) is 0 Å². The highest BCUT2D eigenvalue weighted by atomic mass is 32.2. The summed E-state index contributed by atoms with van der Waals surface area (Å²) in [6.07, 6.45) is 0. The lowest BCUT2D eigenvalue weighted by Gasteiger charge is -2.18. The van der Waals surface area contributed by atoms with E-state index in [0.29, 0.717) is 24.8 Å². The van der Waals surface area contributed by atoms with E-state index in [9.17, 15) is 4.21 Å². The number of aliphatic imine (C=N–C) groups is 1. The molecule has 1 rings (SSSR count). The SMILES string of the molecule is CN=C(NCCS(=O)C(C)(C)C)NCc1nc(C)c(C)s1. The number of hydrogen-bond acceptors (Lipinski definition) is 4. The molecule has 0 radical (unpaired) electrons. The lowest BCUT2D eigenvalue weighted by atomic mass is 10.3. The summed E-state index contributed by atoms with van der Waals surface area (Å²) in [5.41, 5.74) is 1.08. The van der Waals surface area contributed by atoms with Crippen molar-refractivity contribution in [2.75, 3.05) is 19.3 Å². The van der Waals surface area contributed by atoms with Crippen molar-refractivity contribution in [1.82, 2.24) is 15.6 Å². The quantitative estimate of drug-likeness (QED) is 0.640. The molecule has 21 heavy (non-hydrogen) atoms. The van der Waals surface area contributed by atoms with Crippen LogP contribution in [0.5, 0.6) is 0 Å². The first-order chi connectivity index (χ1) is 9.74. The van der Waals surface area contributed by atoms with E-state index in [1.807, 2.05) is 27.7 Å². The molecule has 1 aromatic heterocycles. The normalized spacial score (nSPS) is 14.1. The summed E-state index contributed by atoms with van der Waals surface area (Å²) in [6, 6.07) is 0. The minimum atomic E-state index is -0.851. The summed E-state index contributed by atoms with van der Waals surface area (Å²) in [6.45, 7) is 11.4. The van der Waals surface area contributed by atoms with Crippen molar-refractivity contribution in [3.8, 4) is 0 Å². The van der Waals surface area contributed by atoms with Crippen LogP contribution in [0.4, 0.5) is 0 Å². The van der Waals surface area contributed by atoms with Crippen LogP contribution < -0.4 is 10.6 Å². The van der Waals surface area contributed by atoms with Gasteiger partial charge in [0.15, 0.2) is 5.96 Å². The summed E-state index contributed by atoms with van der Waals surface area (Å²) in [5.74, 6) is 1.33. The predicted molar refractivity (Wildman–Crippen MR) is 92.6 cm³/mol. The molecule has 1 heterocycles. The highest BCUT2D eigenvalue weighted by Crippen LogP contribution is 2.15. The van der Waals surface area contributed by atoms with Crippen molar-refractivity contribution in [2.45, 2.75) is 45.9 Å². The molecule has 7 heteroatoms. The second-order valence-corrected chi connectivity index (χ2v) is 9.38. The van der Waals surface area contributed by atoms with Gasteiger partial charge in [0.05, 0.1) is 12.2 Å². The fourth-order valence-electron chi connectivity index (χ4n) is 1.56. The Hall–Kier alpha value is -0.950. The molecule has 1 aromatic rings. The molecule has 2 N–H and O–H groups in total. The Morgan fingerprint density at radius 3 is 2.48 bits per heavy atom. The van der Waals surface area contributed by atoms with E-state index in [1.54, 1.807) is 18.4 Å². The van der Waals surface area contributed by atoms with E-state index in [-0.39, 0.29) is 4.75 Å². The van der Waals surface area contributed by atoms with Gasteiger partial charge in [-0.2, -0.15) is 0 Å². The Labute approximate surface area is 134 Å². The Balaban J connectivity index is 2.38. The number of aryl methyl sites for hydroxylation is 2. The first kappa shape index (κ1) is 18.1. The fourth-order valence-corrected chi connectivity index (χ4v) is 3.34. The minimum Gasteiger partial charge on any atom is -0.355 e. The number of guanidine groups is 1. The molecule has 0 saturated carbocycles. The van der Waals surface area contributed by atoms with Crippen LogP contribution in [0.1, 0.15) is 36.3 Å². The van der Waals surface area contributed by atoms with Crippen LogP contribution in [0.2, 0.25) is 0 Å². The van der Waals surface area contributed by atoms with E-state index >= 15 is 0 Å². The van der Waals surface area contributed by atoms with Crippen LogP contribution in [0.15, 0.2) is 4.99 Å². The lowest BCUT2D eigenvalue weighted by molar-refractivity contribution is 0.647. The Kier molecular flexibility index (Phi) is 6.80. The highest BCUT2D eigenvalue weighted by molar-refractivity contribution is 7.86. The van der Waals surface area contributed by atoms with Crippen LogP contribution in [0.25, 0.3) is 0 Å². The Morgan fingerprint density at radius 2 is 2.00 bits per heavy atom. The third-order valence-corrected chi connectivity index (χ3v) is 5.98. The van der Waals surface area contributed by atoms with Gasteiger partial charge in [0.1, 0.15) is 5.01 Å². The van der Waals surface area contributed by atoms with Crippen molar-refractivity contribution >= 4 is 28.1 Å². The van der Waals surface area contributed by atoms with Crippen LogP contribution in [0.3, 0.4) is 0 Å². The van der Waals surface area contributed by atoms with E-state index in [2.05, 4.69) is 27.5 Å². The van der Waals surface area contributed by atoms with Gasteiger partial charge in [-0.05, 0) is 34.6 Å². The van der Waals surface area contributed by atoms with Crippen molar-refractivity contribution in [1.29, 1.82) is 0 Å². The van der Waals surface area contributed by atoms with Gasteiger partial charge in [0, 0.05) is 39.8 Å². The van der Waals surface area contributed by atoms with Gasteiger partial charge < -0.3 is 10.6 Å². The Bertz CT molecular complexity index is 498. The van der Waals surface area contributed by atoms with Crippen molar-refractivity contribution < 1.29 is 4.21 Å². The molecular weight excluding hydrogens is 304 g/mol. The first-order valence-corrected chi connectivity index (χ1v) is 9.13. The zero-order chi connectivity index (χ0) is 16.0. The molecule has 120 valence electrons. The molecule has 0 amide bonds. The van der Waals surface area contributed by atoms with Gasteiger partial charge >= 0.3 is 0 Å². The van der Waals surface area contributed by atoms with E-state index in [0.717, 1.165) is 10.7 Å². The molecule has 1 unspecified atom stereocenters. The smallest absolute Gasteiger partial charge is 0.191 e. The third kappa shape index (κ3) is 6.13. The molecule has 0 aliphatic heterocycles. The standard InChI is InChI=1S/C14H26N4OS2/c1-10-11(2)20-12(18-10)9-17-13(15-6)16-7-8-21(19)14(3,4)5/h7-9H2,1-6H3,(H2,15,16,17). The molecule has 0 fully saturated rings. The molecule has 0 aliphatic rings. The highest BCUT2D eigenvalue weighted by Gasteiger charge is 2.18. The van der Waals surface area contributed by atoms with Gasteiger partial charge in [-0.15, -0.1) is 11.3 Å². The van der Waals surface area contributed by atoms with Gasteiger partial charge in [0.25, 0.3) is 0 Å². The number of nitrogens with one attached hydrogen (secondary N) is 2. The molecule has 5 nitrogen and oxygen atoms in total. The fraction of sp³-hybridized carbons (Fsp3) is 0.714. The second kappa shape index (κ2) is 7.89. The minimum absolute atomic E-state index is 0.172. The monoisotopic (exact) mass is 330 g/mol. The molecule has 1 atom stereocenters. The van der Waals surface area contributed by atoms with Gasteiger partial charge in [-0.3, -0.25) is 9.20 Å². The number of hydrogen-bond donors (Lipinski definition) is 2. The largest absolute Gasteiger partial charge is 0.355 e. The van der Waals surface area contributed by atoms with Crippen molar-refractivity contribution in [3.05, 3.63) is 15.6 Å². The zero-order valence-electron chi connectivity index (χ0n) is 13.7. The van der Waals surface area contributed by atoms with Crippen LogP contribution in [-0.2, 0) is 17.3 Å². The zero-order valence-corrected chi connectivity index (χ0v) is 15.4. The van der Waals surface area contributed by atoms with Gasteiger partial charge in [0.2, 0.25) is 0 Å². The second-order valence-electron chi connectivity index (χ2n) is 5.76. The van der Waals surface area contributed by atoms with Crippen LogP contribution >= 0.6 is 11.3 Å². The summed E-state index contributed by atoms with van der Waals surface area (Å²) in [5, 5.41) is 7.46. The molecule has 0 bridgehead atoms. The predicted octanol–water partition coefficient (Wildman–Crippen LogP) is 1.97. The van der Waals surface area contributed by atoms with Crippen LogP contribution in [-0.4, -0.2) is 39.2 Å². The topological polar surface area (TPSA) is 66.4 Å². The van der Waals surface area contributed by atoms with Crippen molar-refractivity contribution in [2.24, 2.45) is 4.99 Å². The molecular formula is C14H26N4OS2. The third-order valence-electron chi connectivity index (χ3n) is 2.97. The number of aromatic nitrogens is 1. The average molecular weight is 331 g/mol. The summed E-state index contributed by atoms with van der Waals surface area (Å²) in [7, 11) is 0.880.